The zero-order valence-electron chi connectivity index (χ0n) is 21.8. The summed E-state index contributed by atoms with van der Waals surface area (Å²) < 4.78 is 16.8. The Morgan fingerprint density at radius 1 is 1.26 bits per heavy atom. The van der Waals surface area contributed by atoms with Gasteiger partial charge in [-0.1, -0.05) is 6.92 Å². The second-order valence-electron chi connectivity index (χ2n) is 9.81. The number of fused-ring (bicyclic) bond motifs is 2. The number of ketones is 1. The Morgan fingerprint density at radius 2 is 1.97 bits per heavy atom. The van der Waals surface area contributed by atoms with Gasteiger partial charge in [-0.15, -0.1) is 11.3 Å². The first-order valence-electron chi connectivity index (χ1n) is 12.1. The Morgan fingerprint density at radius 3 is 2.59 bits per heavy atom. The number of hydrogen-bond acceptors (Lipinski definition) is 11. The number of Topliss-reactive ketones (excluding diaryl/α,β-unsaturated/α-hetero) is 1. The van der Waals surface area contributed by atoms with E-state index in [-0.39, 0.29) is 47.8 Å². The predicted molar refractivity (Wildman–Crippen MR) is 134 cm³/mol. The van der Waals surface area contributed by atoms with Crippen LogP contribution in [0.2, 0.25) is 0 Å². The van der Waals surface area contributed by atoms with E-state index in [1.54, 1.807) is 24.7 Å². The summed E-state index contributed by atoms with van der Waals surface area (Å²) in [6.45, 7) is 4.48. The van der Waals surface area contributed by atoms with Crippen LogP contribution in [0, 0.1) is 18.8 Å². The number of β-lactam (4-membered cyclic amide) rings is 1. The van der Waals surface area contributed by atoms with Crippen molar-refractivity contribution in [2.24, 2.45) is 11.8 Å². The molecule has 39 heavy (non-hydrogen) atoms. The van der Waals surface area contributed by atoms with Crippen molar-refractivity contribution in [2.75, 3.05) is 14.1 Å². The molecule has 1 saturated heterocycles. The van der Waals surface area contributed by atoms with Crippen molar-refractivity contribution in [3.05, 3.63) is 50.9 Å². The third kappa shape index (κ3) is 4.29. The molecule has 4 atom stereocenters. The van der Waals surface area contributed by atoms with Gasteiger partial charge >= 0.3 is 11.8 Å². The van der Waals surface area contributed by atoms with E-state index in [1.165, 1.54) is 41.3 Å². The lowest BCUT2D eigenvalue weighted by Gasteiger charge is -2.46. The Hall–Kier alpha value is -4.04. The zero-order chi connectivity index (χ0) is 28.3. The number of amides is 2. The molecule has 14 heteroatoms. The number of thiazole rings is 1. The molecule has 13 nitrogen and oxygen atoms in total. The number of rotatable bonds is 8. The number of nitrogens with zero attached hydrogens (tertiary/aromatic N) is 4. The number of carbonyl (C=O) groups is 4. The van der Waals surface area contributed by atoms with Crippen LogP contribution in [0.15, 0.2) is 31.9 Å². The van der Waals surface area contributed by atoms with Gasteiger partial charge in [-0.05, 0) is 13.8 Å². The number of aliphatic hydroxyl groups is 1. The molecule has 0 spiro atoms. The lowest BCUT2D eigenvalue weighted by Crippen LogP contribution is -2.63. The highest BCUT2D eigenvalue weighted by atomic mass is 32.1. The van der Waals surface area contributed by atoms with Gasteiger partial charge in [0.25, 0.3) is 0 Å². The molecule has 5 heterocycles. The first kappa shape index (κ1) is 26.6. The molecule has 206 valence electrons. The molecule has 0 aliphatic carbocycles. The maximum atomic E-state index is 13.4. The molecular weight excluding hydrogens is 532 g/mol. The Kier molecular flexibility index (Phi) is 6.55. The van der Waals surface area contributed by atoms with Crippen LogP contribution in [-0.4, -0.2) is 74.1 Å². The van der Waals surface area contributed by atoms with Gasteiger partial charge in [0.05, 0.1) is 29.4 Å². The van der Waals surface area contributed by atoms with E-state index < -0.39 is 41.5 Å². The molecule has 1 N–H and O–H groups in total. The van der Waals surface area contributed by atoms with Crippen LogP contribution in [0.1, 0.15) is 47.2 Å². The second-order valence-corrected chi connectivity index (χ2v) is 10.8. The van der Waals surface area contributed by atoms with Crippen LogP contribution in [0.5, 0.6) is 0 Å². The number of imidazole rings is 1. The summed E-state index contributed by atoms with van der Waals surface area (Å²) in [5, 5.41) is 10.3. The Balaban J connectivity index is 1.53. The fraction of sp³-hybridized carbons (Fsp3) is 0.440. The Labute approximate surface area is 225 Å². The van der Waals surface area contributed by atoms with Gasteiger partial charge in [0.15, 0.2) is 23.9 Å². The number of aromatic nitrogens is 2. The monoisotopic (exact) mass is 558 g/mol. The smallest absolute Gasteiger partial charge is 0.453 e. The van der Waals surface area contributed by atoms with E-state index in [0.29, 0.717) is 15.3 Å². The van der Waals surface area contributed by atoms with Crippen molar-refractivity contribution < 1.29 is 37.9 Å². The van der Waals surface area contributed by atoms with Crippen molar-refractivity contribution in [1.82, 2.24) is 19.2 Å². The average Bonchev–Trinajstić information content (AvgIpc) is 3.57. The fourth-order valence-corrected chi connectivity index (χ4v) is 6.32. The lowest BCUT2D eigenvalue weighted by atomic mass is 9.77. The van der Waals surface area contributed by atoms with Crippen LogP contribution < -0.4 is 5.82 Å². The number of aryl methyl sites for hydroxylation is 1. The molecule has 5 rings (SSSR count). The summed E-state index contributed by atoms with van der Waals surface area (Å²) in [6, 6.07) is -0.470. The van der Waals surface area contributed by atoms with Gasteiger partial charge in [0, 0.05) is 31.8 Å². The summed E-state index contributed by atoms with van der Waals surface area (Å²) in [7, 11) is 3.12. The first-order valence-corrected chi connectivity index (χ1v) is 12.9. The van der Waals surface area contributed by atoms with E-state index in [1.807, 2.05) is 6.92 Å². The molecule has 0 radical (unpaired) electrons. The topological polar surface area (TPSA) is 165 Å². The largest absolute Gasteiger partial charge is 0.519 e. The molecule has 0 saturated carbocycles. The van der Waals surface area contributed by atoms with Crippen LogP contribution in [0.4, 0.5) is 0 Å². The predicted octanol–water partition coefficient (Wildman–Crippen LogP) is 1.22. The van der Waals surface area contributed by atoms with Gasteiger partial charge in [-0.2, -0.15) is 0 Å². The van der Waals surface area contributed by atoms with Gasteiger partial charge < -0.3 is 28.5 Å². The van der Waals surface area contributed by atoms with E-state index in [4.69, 9.17) is 13.6 Å². The van der Waals surface area contributed by atoms with Gasteiger partial charge in [0.2, 0.25) is 11.8 Å². The normalized spacial score (nSPS) is 21.2. The van der Waals surface area contributed by atoms with Gasteiger partial charge in [-0.3, -0.25) is 18.8 Å². The Bertz CT molecular complexity index is 1600. The molecule has 2 aliphatic rings. The first-order chi connectivity index (χ1) is 18.4. The number of aliphatic hydroxyl groups excluding tert-OH is 1. The number of ether oxygens (including phenoxy) is 1. The molecule has 2 amide bonds. The molecule has 2 aliphatic heterocycles. The SMILES string of the molecule is Cc1oc(=O)oc1COC(=O)C1=C(c2cn3cnc(C(=O)CC(=O)N(C)C)c3s2)[C@H](C)[C@@H]2[C@@H]([C@@H](C)O)C(=O)N12. The number of hydrogen-bond donors (Lipinski definition) is 1. The van der Waals surface area contributed by atoms with Crippen LogP contribution >= 0.6 is 11.3 Å². The van der Waals surface area contributed by atoms with Crippen LogP contribution in [-0.2, 0) is 25.7 Å². The molecule has 1 fully saturated rings. The molecule has 3 aromatic heterocycles. The highest BCUT2D eigenvalue weighted by Gasteiger charge is 2.60. The van der Waals surface area contributed by atoms with Crippen LogP contribution in [0.25, 0.3) is 10.4 Å². The minimum atomic E-state index is -0.928. The summed E-state index contributed by atoms with van der Waals surface area (Å²) >= 11 is 1.19. The molecular formula is C25H26N4O9S. The minimum Gasteiger partial charge on any atom is -0.453 e. The van der Waals surface area contributed by atoms with Crippen molar-refractivity contribution in [2.45, 2.75) is 45.9 Å². The quantitative estimate of drug-likeness (QED) is 0.184. The van der Waals surface area contributed by atoms with Crippen LogP contribution in [0.3, 0.4) is 0 Å². The standard InChI is InChI=1S/C25H26N4O9S/c1-10-17(15-7-28-9-26-19(23(28)39-15)13(31)6-16(32)27(4)5)21(29-20(10)18(11(2)30)22(29)33)24(34)36-8-14-12(3)37-25(35)38-14/h7,9-11,18,20,30H,6,8H2,1-5H3/t10-,11+,18+,20+/m0/s1. The summed E-state index contributed by atoms with van der Waals surface area (Å²) in [6.07, 6.45) is 1.88. The average molecular weight is 559 g/mol. The van der Waals surface area contributed by atoms with E-state index in [2.05, 4.69) is 4.98 Å². The van der Waals surface area contributed by atoms with Gasteiger partial charge in [-0.25, -0.2) is 14.6 Å². The van der Waals surface area contributed by atoms with Crippen molar-refractivity contribution >= 4 is 45.3 Å². The summed E-state index contributed by atoms with van der Waals surface area (Å²) in [5.74, 6) is -3.79. The highest BCUT2D eigenvalue weighted by Crippen LogP contribution is 2.51. The third-order valence-corrected chi connectivity index (χ3v) is 8.23. The second kappa shape index (κ2) is 9.61. The lowest BCUT2D eigenvalue weighted by molar-refractivity contribution is -0.164. The van der Waals surface area contributed by atoms with Crippen molar-refractivity contribution in [3.63, 3.8) is 0 Å². The maximum Gasteiger partial charge on any atom is 0.519 e. The number of esters is 1. The zero-order valence-corrected chi connectivity index (χ0v) is 22.6. The van der Waals surface area contributed by atoms with Gasteiger partial charge in [0.1, 0.15) is 22.5 Å². The van der Waals surface area contributed by atoms with E-state index >= 15 is 0 Å². The minimum absolute atomic E-state index is 0.0195. The van der Waals surface area contributed by atoms with Crippen molar-refractivity contribution in [3.8, 4) is 0 Å². The van der Waals surface area contributed by atoms with E-state index in [0.717, 1.165) is 0 Å². The van der Waals surface area contributed by atoms with Crippen molar-refractivity contribution in [1.29, 1.82) is 0 Å². The molecule has 0 aromatic carbocycles. The third-order valence-electron chi connectivity index (χ3n) is 7.09. The summed E-state index contributed by atoms with van der Waals surface area (Å²) in [4.78, 5) is 70.6. The molecule has 0 unspecified atom stereocenters. The maximum absolute atomic E-state index is 13.4. The van der Waals surface area contributed by atoms with E-state index in [9.17, 15) is 29.1 Å². The fourth-order valence-electron chi connectivity index (χ4n) is 5.08. The highest BCUT2D eigenvalue weighted by molar-refractivity contribution is 7.18. The molecule has 3 aromatic rings. The summed E-state index contributed by atoms with van der Waals surface area (Å²) in [5.41, 5.74) is 0.665. The molecule has 0 bridgehead atoms. The number of carbonyl (C=O) groups excluding carboxylic acids is 4.